The normalized spacial score (nSPS) is 15.1. The van der Waals surface area contributed by atoms with Crippen LogP contribution in [-0.4, -0.2) is 38.3 Å². The Morgan fingerprint density at radius 1 is 1.12 bits per heavy atom. The summed E-state index contributed by atoms with van der Waals surface area (Å²) in [5.74, 6) is 0. The molecule has 0 rings (SSSR count). The third kappa shape index (κ3) is 3.57. The molecule has 0 aliphatic carbocycles. The quantitative estimate of drug-likeness (QED) is 0.459. The molecule has 0 saturated carbocycles. The number of rotatable bonds is 4. The van der Waals surface area contributed by atoms with Crippen LogP contribution >= 0.6 is 0 Å². The van der Waals surface area contributed by atoms with Gasteiger partial charge in [-0.3, -0.25) is 8.74 Å². The molecule has 0 radical (unpaired) electrons. The Hall–Kier alpha value is -0.390. The molecule has 0 spiro atoms. The van der Waals surface area contributed by atoms with Gasteiger partial charge in [-0.25, -0.2) is 0 Å². The summed E-state index contributed by atoms with van der Waals surface area (Å²) in [5, 5.41) is 0. The van der Waals surface area contributed by atoms with Gasteiger partial charge in [0.1, 0.15) is 4.75 Å². The first-order valence-corrected chi connectivity index (χ1v) is 6.48. The molecule has 0 heterocycles. The van der Waals surface area contributed by atoms with Crippen LogP contribution in [0.1, 0.15) is 13.8 Å². The molecular weight excluding hydrogens is 277 g/mol. The minimum absolute atomic E-state index is 0.814. The highest BCUT2D eigenvalue weighted by molar-refractivity contribution is 7.88. The van der Waals surface area contributed by atoms with Gasteiger partial charge in [-0.05, 0) is 13.8 Å². The van der Waals surface area contributed by atoms with Gasteiger partial charge in [0.15, 0.2) is 0 Å². The van der Waals surface area contributed by atoms with Crippen molar-refractivity contribution < 1.29 is 38.7 Å². The fourth-order valence-corrected chi connectivity index (χ4v) is 1.23. The minimum atomic E-state index is -5.87. The third-order valence-electron chi connectivity index (χ3n) is 1.54. The van der Waals surface area contributed by atoms with Crippen molar-refractivity contribution in [2.75, 3.05) is 6.61 Å². The molecule has 0 amide bonds. The molecule has 0 aromatic rings. The molecule has 0 bridgehead atoms. The highest BCUT2D eigenvalue weighted by Gasteiger charge is 2.49. The van der Waals surface area contributed by atoms with Crippen LogP contribution < -0.4 is 0 Å². The van der Waals surface area contributed by atoms with E-state index in [-0.39, 0.29) is 0 Å². The van der Waals surface area contributed by atoms with Crippen molar-refractivity contribution in [3.05, 3.63) is 0 Å². The number of alkyl halides is 3. The third-order valence-corrected chi connectivity index (χ3v) is 4.05. The van der Waals surface area contributed by atoms with Crippen LogP contribution in [0.25, 0.3) is 0 Å². The van der Waals surface area contributed by atoms with Gasteiger partial charge in [-0.15, -0.1) is 0 Å². The van der Waals surface area contributed by atoms with Crippen molar-refractivity contribution >= 4 is 20.2 Å². The molecule has 16 heavy (non-hydrogen) atoms. The molecule has 11 heteroatoms. The summed E-state index contributed by atoms with van der Waals surface area (Å²) in [4.78, 5) is 0. The molecule has 0 aromatic heterocycles. The Kier molecular flexibility index (Phi) is 4.03. The molecule has 0 unspecified atom stereocenters. The van der Waals surface area contributed by atoms with E-state index in [9.17, 15) is 30.0 Å². The molecule has 1 N–H and O–H groups in total. The summed E-state index contributed by atoms with van der Waals surface area (Å²) < 4.78 is 87.3. The zero-order valence-corrected chi connectivity index (χ0v) is 9.78. The van der Waals surface area contributed by atoms with Crippen molar-refractivity contribution in [2.45, 2.75) is 24.1 Å². The lowest BCUT2D eigenvalue weighted by Crippen LogP contribution is -2.39. The second-order valence-electron chi connectivity index (χ2n) is 3.40. The SMILES string of the molecule is CC(C)(COS(=O)(=O)C(F)(F)F)S(=O)(=O)O. The summed E-state index contributed by atoms with van der Waals surface area (Å²) in [6.07, 6.45) is 0. The number of halogens is 3. The second kappa shape index (κ2) is 4.13. The van der Waals surface area contributed by atoms with E-state index in [1.54, 1.807) is 0 Å². The average Bonchev–Trinajstić information content (AvgIpc) is 1.97. The molecule has 6 nitrogen and oxygen atoms in total. The van der Waals surface area contributed by atoms with E-state index in [0.717, 1.165) is 13.8 Å². The highest BCUT2D eigenvalue weighted by atomic mass is 32.2. The van der Waals surface area contributed by atoms with Crippen LogP contribution in [0, 0.1) is 0 Å². The van der Waals surface area contributed by atoms with Gasteiger partial charge >= 0.3 is 15.6 Å². The van der Waals surface area contributed by atoms with E-state index >= 15 is 0 Å². The standard InChI is InChI=1S/C5H9F3O6S2/c1-4(2,15(9,10)11)3-14-16(12,13)5(6,7)8/h3H2,1-2H3,(H,9,10,11). The Balaban J connectivity index is 4.87. The predicted molar refractivity (Wildman–Crippen MR) is 46.6 cm³/mol. The Morgan fingerprint density at radius 2 is 1.50 bits per heavy atom. The second-order valence-corrected chi connectivity index (χ2v) is 7.06. The molecular formula is C5H9F3O6S2. The fourth-order valence-electron chi connectivity index (χ4n) is 0.361. The van der Waals surface area contributed by atoms with Gasteiger partial charge in [-0.2, -0.15) is 30.0 Å². The van der Waals surface area contributed by atoms with E-state index in [0.29, 0.717) is 0 Å². The molecule has 0 aliphatic rings. The van der Waals surface area contributed by atoms with E-state index in [1.807, 2.05) is 0 Å². The van der Waals surface area contributed by atoms with Gasteiger partial charge in [0, 0.05) is 0 Å². The van der Waals surface area contributed by atoms with E-state index in [1.165, 1.54) is 0 Å². The summed E-state index contributed by atoms with van der Waals surface area (Å²) in [6.45, 7) is 0.288. The molecule has 0 aromatic carbocycles. The summed E-state index contributed by atoms with van der Waals surface area (Å²) in [6, 6.07) is 0. The first kappa shape index (κ1) is 15.6. The molecule has 0 aliphatic heterocycles. The largest absolute Gasteiger partial charge is 0.523 e. The van der Waals surface area contributed by atoms with Crippen molar-refractivity contribution in [2.24, 2.45) is 0 Å². The minimum Gasteiger partial charge on any atom is -0.285 e. The number of hydrogen-bond acceptors (Lipinski definition) is 5. The average molecular weight is 286 g/mol. The lowest BCUT2D eigenvalue weighted by atomic mass is 10.2. The number of hydrogen-bond donors (Lipinski definition) is 1. The first-order chi connectivity index (χ1) is 6.71. The van der Waals surface area contributed by atoms with E-state index in [4.69, 9.17) is 4.55 Å². The van der Waals surface area contributed by atoms with Gasteiger partial charge in [0.25, 0.3) is 10.1 Å². The van der Waals surface area contributed by atoms with Crippen LogP contribution in [-0.2, 0) is 24.4 Å². The van der Waals surface area contributed by atoms with Crippen molar-refractivity contribution in [1.82, 2.24) is 0 Å². The van der Waals surface area contributed by atoms with Crippen molar-refractivity contribution in [1.29, 1.82) is 0 Å². The van der Waals surface area contributed by atoms with Crippen LogP contribution in [0.5, 0.6) is 0 Å². The van der Waals surface area contributed by atoms with Crippen molar-refractivity contribution in [3.63, 3.8) is 0 Å². The van der Waals surface area contributed by atoms with Crippen molar-refractivity contribution in [3.8, 4) is 0 Å². The highest BCUT2D eigenvalue weighted by Crippen LogP contribution is 2.26. The van der Waals surface area contributed by atoms with Gasteiger partial charge in [0.2, 0.25) is 0 Å². The Bertz CT molecular complexity index is 445. The van der Waals surface area contributed by atoms with Gasteiger partial charge in [0.05, 0.1) is 6.61 Å². The maximum atomic E-state index is 11.8. The summed E-state index contributed by atoms with van der Waals surface area (Å²) >= 11 is 0. The smallest absolute Gasteiger partial charge is 0.285 e. The Morgan fingerprint density at radius 3 is 1.75 bits per heavy atom. The van der Waals surface area contributed by atoms with E-state index < -0.39 is 37.1 Å². The summed E-state index contributed by atoms with van der Waals surface area (Å²) in [7, 11) is -10.6. The fraction of sp³-hybridized carbons (Fsp3) is 1.00. The van der Waals surface area contributed by atoms with Crippen LogP contribution in [0.3, 0.4) is 0 Å². The monoisotopic (exact) mass is 286 g/mol. The molecule has 0 saturated heterocycles. The maximum absolute atomic E-state index is 11.8. The topological polar surface area (TPSA) is 97.7 Å². The van der Waals surface area contributed by atoms with Crippen LogP contribution in [0.2, 0.25) is 0 Å². The lowest BCUT2D eigenvalue weighted by molar-refractivity contribution is -0.0546. The molecule has 0 fully saturated rings. The summed E-state index contributed by atoms with van der Waals surface area (Å²) in [5.41, 5.74) is -5.64. The van der Waals surface area contributed by atoms with Gasteiger partial charge in [-0.1, -0.05) is 0 Å². The predicted octanol–water partition coefficient (Wildman–Crippen LogP) is 0.519. The lowest BCUT2D eigenvalue weighted by Gasteiger charge is -2.20. The first-order valence-electron chi connectivity index (χ1n) is 3.63. The zero-order chi connectivity index (χ0) is 13.4. The van der Waals surface area contributed by atoms with E-state index in [2.05, 4.69) is 4.18 Å². The zero-order valence-electron chi connectivity index (χ0n) is 8.15. The van der Waals surface area contributed by atoms with Crippen LogP contribution in [0.4, 0.5) is 13.2 Å². The maximum Gasteiger partial charge on any atom is 0.523 e. The Labute approximate surface area is 90.3 Å². The van der Waals surface area contributed by atoms with Gasteiger partial charge < -0.3 is 0 Å². The molecule has 0 atom stereocenters. The molecule has 98 valence electrons. The van der Waals surface area contributed by atoms with Crippen LogP contribution in [0.15, 0.2) is 0 Å².